The quantitative estimate of drug-likeness (QED) is 0.657. The minimum absolute atomic E-state index is 0.344. The summed E-state index contributed by atoms with van der Waals surface area (Å²) in [6, 6.07) is 11.1. The van der Waals surface area contributed by atoms with Crippen molar-refractivity contribution in [3.8, 4) is 18.2 Å². The van der Waals surface area contributed by atoms with Crippen LogP contribution in [0.1, 0.15) is 18.0 Å². The number of hydrogen-bond donors (Lipinski definition) is 0. The Labute approximate surface area is 84.5 Å². The zero-order valence-corrected chi connectivity index (χ0v) is 8.23. The Morgan fingerprint density at radius 1 is 1.50 bits per heavy atom. The Morgan fingerprint density at radius 2 is 2.29 bits per heavy atom. The van der Waals surface area contributed by atoms with Gasteiger partial charge in [-0.25, -0.2) is 0 Å². The molecule has 14 heavy (non-hydrogen) atoms. The van der Waals surface area contributed by atoms with Crippen LogP contribution in [0, 0.1) is 12.5 Å². The molecule has 1 aliphatic heterocycles. The van der Waals surface area contributed by atoms with Gasteiger partial charge in [-0.3, -0.25) is 0 Å². The van der Waals surface area contributed by atoms with Gasteiger partial charge in [0.15, 0.2) is 0 Å². The Kier molecular flexibility index (Phi) is 2.32. The molecule has 1 saturated heterocycles. The third kappa shape index (κ3) is 1.31. The molecule has 1 aliphatic rings. The van der Waals surface area contributed by atoms with E-state index in [9.17, 15) is 0 Å². The van der Waals surface area contributed by atoms with Gasteiger partial charge in [-0.2, -0.15) is 0 Å². The monoisotopic (exact) mass is 187 g/mol. The van der Waals surface area contributed by atoms with Crippen LogP contribution < -0.4 is 4.74 Å². The highest BCUT2D eigenvalue weighted by atomic mass is 16.5. The molecule has 0 bridgehead atoms. The first-order chi connectivity index (χ1) is 6.86. The lowest BCUT2D eigenvalue weighted by Crippen LogP contribution is -2.36. The van der Waals surface area contributed by atoms with Crippen LogP contribution in [0.15, 0.2) is 24.3 Å². The molecule has 0 saturated carbocycles. The van der Waals surface area contributed by atoms with E-state index >= 15 is 0 Å². The molecule has 2 rings (SSSR count). The van der Waals surface area contributed by atoms with Crippen molar-refractivity contribution in [3.05, 3.63) is 29.8 Å². The first-order valence-electron chi connectivity index (χ1n) is 4.72. The van der Waals surface area contributed by atoms with Crippen molar-refractivity contribution in [1.29, 1.82) is 0 Å². The van der Waals surface area contributed by atoms with E-state index in [0.717, 1.165) is 18.7 Å². The van der Waals surface area contributed by atoms with Crippen LogP contribution in [0.3, 0.4) is 0 Å². The van der Waals surface area contributed by atoms with Crippen molar-refractivity contribution in [3.63, 3.8) is 0 Å². The molecule has 72 valence electrons. The van der Waals surface area contributed by atoms with Crippen molar-refractivity contribution < 1.29 is 4.74 Å². The molecule has 1 unspecified atom stereocenters. The Hall–Kier alpha value is -1.62. The Balaban J connectivity index is 2.28. The predicted octanol–water partition coefficient (Wildman–Crippen LogP) is 2.03. The molecular weight excluding hydrogens is 174 g/mol. The van der Waals surface area contributed by atoms with E-state index in [0.29, 0.717) is 6.04 Å². The van der Waals surface area contributed by atoms with E-state index in [4.69, 9.17) is 11.2 Å². The second-order valence-corrected chi connectivity index (χ2v) is 3.37. The van der Waals surface area contributed by atoms with E-state index in [1.165, 1.54) is 5.56 Å². The van der Waals surface area contributed by atoms with Crippen LogP contribution in [0.2, 0.25) is 0 Å². The van der Waals surface area contributed by atoms with E-state index in [2.05, 4.69) is 12.1 Å². The first kappa shape index (κ1) is 8.96. The van der Waals surface area contributed by atoms with Gasteiger partial charge in [-0.15, -0.1) is 0 Å². The summed E-state index contributed by atoms with van der Waals surface area (Å²) in [5, 5.41) is 0. The number of likely N-dealkylation sites (tertiary alicyclic amines) is 1. The molecule has 0 spiro atoms. The SMILES string of the molecule is C#CN1CCC1c1ccccc1OC. The second-order valence-electron chi connectivity index (χ2n) is 3.37. The van der Waals surface area contributed by atoms with Crippen molar-refractivity contribution in [2.75, 3.05) is 13.7 Å². The number of nitrogens with zero attached hydrogens (tertiary/aromatic N) is 1. The Morgan fingerprint density at radius 3 is 2.86 bits per heavy atom. The maximum absolute atomic E-state index is 5.39. The average Bonchev–Trinajstić information content (AvgIpc) is 2.18. The van der Waals surface area contributed by atoms with Gasteiger partial charge in [0.05, 0.1) is 13.2 Å². The fraction of sp³-hybridized carbons (Fsp3) is 0.333. The number of terminal acetylenes is 1. The minimum Gasteiger partial charge on any atom is -0.496 e. The van der Waals surface area contributed by atoms with E-state index in [1.807, 2.05) is 23.1 Å². The number of hydrogen-bond acceptors (Lipinski definition) is 2. The summed E-state index contributed by atoms with van der Waals surface area (Å²) < 4.78 is 5.30. The summed E-state index contributed by atoms with van der Waals surface area (Å²) in [5.74, 6) is 0.928. The summed E-state index contributed by atoms with van der Waals surface area (Å²) in [6.45, 7) is 0.985. The fourth-order valence-electron chi connectivity index (χ4n) is 1.81. The van der Waals surface area contributed by atoms with Gasteiger partial charge in [-0.05, 0) is 12.5 Å². The topological polar surface area (TPSA) is 12.5 Å². The van der Waals surface area contributed by atoms with Crippen molar-refractivity contribution >= 4 is 0 Å². The molecule has 0 amide bonds. The molecule has 0 N–H and O–H groups in total. The van der Waals surface area contributed by atoms with E-state index in [-0.39, 0.29) is 0 Å². The lowest BCUT2D eigenvalue weighted by Gasteiger charge is -2.38. The predicted molar refractivity (Wildman–Crippen MR) is 55.9 cm³/mol. The smallest absolute Gasteiger partial charge is 0.124 e. The molecule has 1 aromatic carbocycles. The van der Waals surface area contributed by atoms with E-state index in [1.54, 1.807) is 7.11 Å². The lowest BCUT2D eigenvalue weighted by atomic mass is 9.95. The highest BCUT2D eigenvalue weighted by molar-refractivity contribution is 5.37. The fourth-order valence-corrected chi connectivity index (χ4v) is 1.81. The van der Waals surface area contributed by atoms with Crippen molar-refractivity contribution in [2.45, 2.75) is 12.5 Å². The van der Waals surface area contributed by atoms with Crippen LogP contribution in [-0.2, 0) is 0 Å². The number of ether oxygens (including phenoxy) is 1. The Bertz CT molecular complexity index is 367. The van der Waals surface area contributed by atoms with Crippen molar-refractivity contribution in [2.24, 2.45) is 0 Å². The molecule has 1 heterocycles. The zero-order chi connectivity index (χ0) is 9.97. The highest BCUT2D eigenvalue weighted by Gasteiger charge is 2.29. The standard InChI is InChI=1S/C12H13NO/c1-3-13-9-8-11(13)10-6-4-5-7-12(10)14-2/h1,4-7,11H,8-9H2,2H3. The van der Waals surface area contributed by atoms with Crippen LogP contribution in [-0.4, -0.2) is 18.6 Å². The summed E-state index contributed by atoms with van der Waals surface area (Å²) in [5.41, 5.74) is 1.19. The number of para-hydroxylation sites is 1. The number of benzene rings is 1. The normalized spacial score (nSPS) is 19.7. The lowest BCUT2D eigenvalue weighted by molar-refractivity contribution is 0.168. The van der Waals surface area contributed by atoms with Gasteiger partial charge in [0.2, 0.25) is 0 Å². The molecule has 0 aromatic heterocycles. The molecule has 1 atom stereocenters. The second kappa shape index (κ2) is 3.63. The molecule has 0 radical (unpaired) electrons. The maximum Gasteiger partial charge on any atom is 0.124 e. The van der Waals surface area contributed by atoms with Crippen LogP contribution >= 0.6 is 0 Å². The van der Waals surface area contributed by atoms with E-state index < -0.39 is 0 Å². The molecule has 1 fully saturated rings. The largest absolute Gasteiger partial charge is 0.496 e. The van der Waals surface area contributed by atoms with Gasteiger partial charge in [0, 0.05) is 18.2 Å². The zero-order valence-electron chi connectivity index (χ0n) is 8.23. The summed E-state index contributed by atoms with van der Waals surface area (Å²) in [6.07, 6.45) is 6.50. The van der Waals surface area contributed by atoms with Crippen molar-refractivity contribution in [1.82, 2.24) is 4.90 Å². The minimum atomic E-state index is 0.344. The summed E-state index contributed by atoms with van der Waals surface area (Å²) in [4.78, 5) is 2.00. The average molecular weight is 187 g/mol. The molecule has 2 nitrogen and oxygen atoms in total. The van der Waals surface area contributed by atoms with Crippen LogP contribution in [0.5, 0.6) is 5.75 Å². The molecular formula is C12H13NO. The molecule has 2 heteroatoms. The number of methoxy groups -OCH3 is 1. The van der Waals surface area contributed by atoms with Gasteiger partial charge in [0.1, 0.15) is 5.75 Å². The molecule has 1 aromatic rings. The van der Waals surface area contributed by atoms with Gasteiger partial charge >= 0.3 is 0 Å². The maximum atomic E-state index is 5.39. The van der Waals surface area contributed by atoms with Crippen LogP contribution in [0.4, 0.5) is 0 Å². The third-order valence-corrected chi connectivity index (χ3v) is 2.68. The first-order valence-corrected chi connectivity index (χ1v) is 4.72. The van der Waals surface area contributed by atoms with Gasteiger partial charge < -0.3 is 9.64 Å². The highest BCUT2D eigenvalue weighted by Crippen LogP contribution is 2.37. The molecule has 0 aliphatic carbocycles. The van der Waals surface area contributed by atoms with Crippen LogP contribution in [0.25, 0.3) is 0 Å². The number of rotatable bonds is 2. The third-order valence-electron chi connectivity index (χ3n) is 2.68. The van der Waals surface area contributed by atoms with Gasteiger partial charge in [-0.1, -0.05) is 24.6 Å². The van der Waals surface area contributed by atoms with Gasteiger partial charge in [0.25, 0.3) is 0 Å². The summed E-state index contributed by atoms with van der Waals surface area (Å²) in [7, 11) is 1.69. The summed E-state index contributed by atoms with van der Waals surface area (Å²) >= 11 is 0.